The molecule has 5 heterocycles. The molecule has 8 nitrogen and oxygen atoms in total. The molecule has 684 valence electrons. The molecule has 0 radical (unpaired) electrons. The number of pyridine rings is 2. The molecule has 27 aromatic carbocycles. The number of hydrogen-bond donors (Lipinski definition) is 0. The molecule has 0 bridgehead atoms. The number of benzene rings is 27. The van der Waals surface area contributed by atoms with Gasteiger partial charge in [-0.25, -0.2) is 0 Å². The Hall–Kier alpha value is -20.5. The maximum Gasteiger partial charge on any atom is 0.136 e. The lowest BCUT2D eigenvalue weighted by Crippen LogP contribution is -1.98. The predicted molar refractivity (Wildman–Crippen MR) is 613 cm³/mol. The van der Waals surface area contributed by atoms with Crippen LogP contribution in [0.5, 0.6) is 34.5 Å². The van der Waals surface area contributed by atoms with Gasteiger partial charge in [-0.1, -0.05) is 340 Å². The lowest BCUT2D eigenvalue weighted by Gasteiger charge is -2.22. The van der Waals surface area contributed by atoms with E-state index in [2.05, 4.69) is 381 Å². The summed E-state index contributed by atoms with van der Waals surface area (Å²) in [5.41, 5.74) is 29.2. The molecule has 2 aromatic heterocycles. The van der Waals surface area contributed by atoms with Crippen LogP contribution in [0.2, 0.25) is 0 Å². The van der Waals surface area contributed by atoms with Crippen LogP contribution in [0.25, 0.3) is 284 Å². The minimum absolute atomic E-state index is 0.592. The van der Waals surface area contributed by atoms with E-state index in [-0.39, 0.29) is 0 Å². The molecule has 8 heteroatoms. The monoisotopic (exact) mass is 1890 g/mol. The Morgan fingerprint density at radius 3 is 1.03 bits per heavy atom. The lowest BCUT2D eigenvalue weighted by atomic mass is 9.86. The number of nitriles is 3. The van der Waals surface area contributed by atoms with Crippen LogP contribution in [-0.4, -0.2) is 9.97 Å². The van der Waals surface area contributed by atoms with Crippen molar-refractivity contribution in [2.24, 2.45) is 0 Å². The lowest BCUT2D eigenvalue weighted by molar-refractivity contribution is 0.486. The second-order valence-corrected chi connectivity index (χ2v) is 39.2. The first-order valence-electron chi connectivity index (χ1n) is 50.2. The number of hydrogen-bond acceptors (Lipinski definition) is 8. The van der Waals surface area contributed by atoms with Gasteiger partial charge in [-0.15, -0.1) is 0 Å². The van der Waals surface area contributed by atoms with E-state index in [0.717, 1.165) is 145 Å². The van der Waals surface area contributed by atoms with Crippen molar-refractivity contribution in [1.29, 1.82) is 15.8 Å². The van der Waals surface area contributed by atoms with Crippen molar-refractivity contribution >= 4 is 151 Å². The van der Waals surface area contributed by atoms with Gasteiger partial charge < -0.3 is 14.2 Å². The predicted octanol–water partition coefficient (Wildman–Crippen LogP) is 38.2. The zero-order valence-electron chi connectivity index (χ0n) is 79.9. The van der Waals surface area contributed by atoms with Crippen molar-refractivity contribution in [1.82, 2.24) is 9.97 Å². The first-order chi connectivity index (χ1) is 73.7. The van der Waals surface area contributed by atoms with Crippen molar-refractivity contribution < 1.29 is 14.2 Å². The maximum atomic E-state index is 9.76. The normalized spacial score (nSPS) is 12.0. The average Bonchev–Trinajstić information content (AvgIpc) is 0.719. The van der Waals surface area contributed by atoms with E-state index in [4.69, 9.17) is 19.2 Å². The molecular weight excluding hydrogens is 1810 g/mol. The summed E-state index contributed by atoms with van der Waals surface area (Å²) in [6.07, 6.45) is 5.74. The maximum absolute atomic E-state index is 9.76. The molecule has 3 aliphatic heterocycles. The molecule has 0 atom stereocenters. The van der Waals surface area contributed by atoms with Crippen LogP contribution in [0.1, 0.15) is 16.7 Å². The molecular formula is C141H77N5O3. The van der Waals surface area contributed by atoms with Crippen molar-refractivity contribution in [3.8, 4) is 186 Å². The van der Waals surface area contributed by atoms with Gasteiger partial charge in [0.05, 0.1) is 40.6 Å². The summed E-state index contributed by atoms with van der Waals surface area (Å²) >= 11 is 0. The van der Waals surface area contributed by atoms with Crippen LogP contribution in [0, 0.1) is 34.0 Å². The fourth-order valence-electron chi connectivity index (χ4n) is 24.3. The largest absolute Gasteiger partial charge is 0.456 e. The summed E-state index contributed by atoms with van der Waals surface area (Å²) in [6, 6.07) is 167. The zero-order chi connectivity index (χ0) is 98.3. The third-order valence-electron chi connectivity index (χ3n) is 31.3. The van der Waals surface area contributed by atoms with Crippen LogP contribution >= 0.6 is 0 Å². The highest BCUT2D eigenvalue weighted by Gasteiger charge is 2.29. The average molecular weight is 1890 g/mol. The third-order valence-corrected chi connectivity index (χ3v) is 31.3. The van der Waals surface area contributed by atoms with E-state index in [0.29, 0.717) is 16.7 Å². The second kappa shape index (κ2) is 33.3. The Morgan fingerprint density at radius 2 is 0.517 bits per heavy atom. The van der Waals surface area contributed by atoms with Gasteiger partial charge in [0.15, 0.2) is 0 Å². The van der Waals surface area contributed by atoms with E-state index in [9.17, 15) is 15.8 Å². The number of aromatic nitrogens is 2. The quantitative estimate of drug-likeness (QED) is 0.131. The highest BCUT2D eigenvalue weighted by atomic mass is 16.5. The summed E-state index contributed by atoms with van der Waals surface area (Å²) in [4.78, 5) is 9.41. The van der Waals surface area contributed by atoms with E-state index in [1.54, 1.807) is 0 Å². The van der Waals surface area contributed by atoms with Crippen LogP contribution in [0.15, 0.2) is 468 Å². The van der Waals surface area contributed by atoms with Gasteiger partial charge in [0.25, 0.3) is 0 Å². The summed E-state index contributed by atoms with van der Waals surface area (Å²) in [6.45, 7) is 0. The number of fused-ring (bicyclic) bond motifs is 8. The molecule has 0 amide bonds. The van der Waals surface area contributed by atoms with E-state index in [1.807, 2.05) is 110 Å². The molecule has 32 rings (SSSR count). The fourth-order valence-corrected chi connectivity index (χ4v) is 24.3. The molecule has 0 saturated carbocycles. The minimum atomic E-state index is 0.592. The van der Waals surface area contributed by atoms with Gasteiger partial charge in [-0.2, -0.15) is 15.8 Å². The van der Waals surface area contributed by atoms with Crippen LogP contribution < -0.4 is 14.2 Å². The van der Waals surface area contributed by atoms with Gasteiger partial charge in [0, 0.05) is 78.9 Å². The molecule has 0 unspecified atom stereocenters. The van der Waals surface area contributed by atoms with Crippen LogP contribution in [-0.2, 0) is 0 Å². The Labute approximate surface area is 855 Å². The Balaban J connectivity index is 0.000000103. The summed E-state index contributed by atoms with van der Waals surface area (Å²) < 4.78 is 19.0. The molecule has 0 aliphatic carbocycles. The molecule has 0 saturated heterocycles. The molecule has 0 spiro atoms. The summed E-state index contributed by atoms with van der Waals surface area (Å²) in [5.74, 6) is 4.76. The molecule has 29 aromatic rings. The number of rotatable bonds is 9. The summed E-state index contributed by atoms with van der Waals surface area (Å²) in [5, 5.41) is 62.7. The van der Waals surface area contributed by atoms with Gasteiger partial charge in [-0.3, -0.25) is 9.97 Å². The first kappa shape index (κ1) is 84.2. The highest BCUT2D eigenvalue weighted by molar-refractivity contribution is 6.31. The third kappa shape index (κ3) is 13.4. The van der Waals surface area contributed by atoms with Gasteiger partial charge in [0.2, 0.25) is 0 Å². The van der Waals surface area contributed by atoms with Crippen LogP contribution in [0.3, 0.4) is 0 Å². The van der Waals surface area contributed by atoms with Crippen molar-refractivity contribution in [3.63, 3.8) is 0 Å². The van der Waals surface area contributed by atoms with Crippen molar-refractivity contribution in [2.45, 2.75) is 0 Å². The second-order valence-electron chi connectivity index (χ2n) is 39.2. The van der Waals surface area contributed by atoms with E-state index < -0.39 is 0 Å². The zero-order valence-corrected chi connectivity index (χ0v) is 79.9. The Morgan fingerprint density at radius 1 is 0.168 bits per heavy atom. The number of nitrogens with zero attached hydrogens (tertiary/aromatic N) is 5. The Bertz CT molecular complexity index is 11000. The topological polar surface area (TPSA) is 125 Å². The van der Waals surface area contributed by atoms with E-state index >= 15 is 0 Å². The van der Waals surface area contributed by atoms with E-state index in [1.165, 1.54) is 174 Å². The highest BCUT2D eigenvalue weighted by Crippen LogP contribution is 2.56. The Kier molecular flexibility index (Phi) is 18.8. The summed E-state index contributed by atoms with van der Waals surface area (Å²) in [7, 11) is 0. The smallest absolute Gasteiger partial charge is 0.136 e. The molecule has 149 heavy (non-hydrogen) atoms. The van der Waals surface area contributed by atoms with Crippen LogP contribution in [0.4, 0.5) is 0 Å². The van der Waals surface area contributed by atoms with Gasteiger partial charge in [-0.05, 0) is 328 Å². The first-order valence-corrected chi connectivity index (χ1v) is 50.2. The van der Waals surface area contributed by atoms with Crippen molar-refractivity contribution in [3.05, 3.63) is 484 Å². The minimum Gasteiger partial charge on any atom is -0.456 e. The molecule has 0 N–H and O–H groups in total. The fraction of sp³-hybridized carbons (Fsp3) is 0. The SMILES string of the molecule is N#Cc1ccc2c(c1)Oc1cccc3c(-c4ccc5cc(-c6ccc7ccc8c(-c9cccnc9)ccc9ccc6c7c98)ccc5c4)ccc-2c13.N#Cc1ccc2c3c(cccc13)-c1cc(-c3ccc(-c4ccc5ccc6c(-c7ccccc7)ccc7ccc4c5c76)nc3)ccc1O2.N#Cc1ccc2c3c(cccc13)-c1cc(-c3cccc(-c4ccc5ccc6c(-c7ccc8ccccc8c7)ccc7ccc4c5c76)c3)ccc1O2. The standard InChI is InChI=1S/C49H27NO.C48H26N2O.C44H24N2O/c50-28-37-18-24-46-49-40(37)9-4-10-41(49)44-27-34(17-23-45(44)51-46)33-7-3-8-35(26-33)38-19-13-30-16-22-43-39(20-14-31-15-21-42(38)47(30)48(31)43)36-12-11-29-5-1-2-6-32(29)25-36;49-26-28-6-15-39-43-21-20-37(40-4-1-5-44(48(40)43)51-45(39)23-28)34-10-8-31-24-33(9-7-32(31)25-34)36-16-11-29-14-19-42-38(35-3-2-22-50-27-35)17-12-30-13-18-41(36)46(29)47(30)42;45-24-30-15-22-41-44-33(30)7-4-8-35(44)38-23-29(14-21-40(38)47-41)31-13-20-39(46-25-31)34-17-10-28-11-18-36-32(26-5-2-1-3-6-26)16-9-27-12-19-37(34)43(28)42(27)36/h1-27H;1-25,27H;1-23,25H. The molecule has 3 aliphatic rings. The van der Waals surface area contributed by atoms with Gasteiger partial charge in [0.1, 0.15) is 34.5 Å². The molecule has 0 fully saturated rings. The van der Waals surface area contributed by atoms with Crippen molar-refractivity contribution in [2.75, 3.05) is 0 Å². The van der Waals surface area contributed by atoms with Gasteiger partial charge >= 0.3 is 0 Å². The number of ether oxygens (including phenoxy) is 3.